The lowest BCUT2D eigenvalue weighted by atomic mass is 9.54. The average molecular weight is 581 g/mol. The number of hydrogen-bond acceptors (Lipinski definition) is 5. The van der Waals surface area contributed by atoms with Gasteiger partial charge < -0.3 is 20.8 Å². The summed E-state index contributed by atoms with van der Waals surface area (Å²) < 4.78 is 16.4. The molecular weight excluding hydrogens is 544 g/mol. The molecule has 0 bridgehead atoms. The lowest BCUT2D eigenvalue weighted by molar-refractivity contribution is -0.126. The molecule has 1 unspecified atom stereocenters. The number of amides is 2. The third kappa shape index (κ3) is 5.42. The first-order valence-electron chi connectivity index (χ1n) is 13.2. The first-order valence-corrected chi connectivity index (χ1v) is 14.0. The number of rotatable bonds is 8. The molecule has 2 spiro atoms. The summed E-state index contributed by atoms with van der Waals surface area (Å²) in [4.78, 5) is 27.8. The van der Waals surface area contributed by atoms with Crippen LogP contribution in [-0.2, 0) is 15.0 Å². The Kier molecular flexibility index (Phi) is 8.64. The highest BCUT2D eigenvalue weighted by Crippen LogP contribution is 2.62. The summed E-state index contributed by atoms with van der Waals surface area (Å²) in [6.45, 7) is 7.57. The number of allylic oxidation sites excluding steroid dienone is 4. The second-order valence-electron chi connectivity index (χ2n) is 11.6. The number of hydrogen-bond donors (Lipinski definition) is 5. The van der Waals surface area contributed by atoms with Gasteiger partial charge in [-0.3, -0.25) is 14.9 Å². The second-order valence-corrected chi connectivity index (χ2v) is 12.5. The highest BCUT2D eigenvalue weighted by molar-refractivity contribution is 6.31. The van der Waals surface area contributed by atoms with Gasteiger partial charge in [-0.1, -0.05) is 55.8 Å². The lowest BCUT2D eigenvalue weighted by Gasteiger charge is -2.50. The van der Waals surface area contributed by atoms with Crippen molar-refractivity contribution in [2.45, 2.75) is 69.1 Å². The summed E-state index contributed by atoms with van der Waals surface area (Å²) in [5.74, 6) is -2.70. The highest BCUT2D eigenvalue weighted by atomic mass is 35.5. The van der Waals surface area contributed by atoms with Crippen molar-refractivity contribution < 1.29 is 24.2 Å². The van der Waals surface area contributed by atoms with Gasteiger partial charge in [-0.15, -0.1) is 0 Å². The van der Waals surface area contributed by atoms with Gasteiger partial charge >= 0.3 is 0 Å². The van der Waals surface area contributed by atoms with Crippen LogP contribution in [0.3, 0.4) is 0 Å². The van der Waals surface area contributed by atoms with E-state index in [1.807, 2.05) is 0 Å². The third-order valence-electron chi connectivity index (χ3n) is 8.56. The fourth-order valence-corrected chi connectivity index (χ4v) is 6.76. The second kappa shape index (κ2) is 11.3. The van der Waals surface area contributed by atoms with E-state index >= 15 is 4.39 Å². The van der Waals surface area contributed by atoms with Gasteiger partial charge in [0.25, 0.3) is 0 Å². The molecule has 1 saturated heterocycles. The Hall–Kier alpha value is -2.23. The quantitative estimate of drug-likeness (QED) is 0.292. The Morgan fingerprint density at radius 3 is 2.64 bits per heavy atom. The first-order chi connectivity index (χ1) is 18.4. The van der Waals surface area contributed by atoms with Crippen LogP contribution < -0.4 is 16.0 Å². The number of anilines is 1. The van der Waals surface area contributed by atoms with Crippen molar-refractivity contribution in [2.24, 2.45) is 11.3 Å². The van der Waals surface area contributed by atoms with Gasteiger partial charge in [0, 0.05) is 27.8 Å². The Morgan fingerprint density at radius 2 is 2.00 bits per heavy atom. The number of halogens is 3. The summed E-state index contributed by atoms with van der Waals surface area (Å²) in [6, 6.07) is 4.01. The molecule has 3 aliphatic rings. The van der Waals surface area contributed by atoms with E-state index in [9.17, 15) is 14.7 Å². The number of benzene rings is 1. The predicted octanol–water partition coefficient (Wildman–Crippen LogP) is 4.48. The molecule has 2 heterocycles. The minimum atomic E-state index is -1.43. The number of nitrogens with one attached hydrogen (secondary N) is 3. The molecule has 0 radical (unpaired) electrons. The van der Waals surface area contributed by atoms with Gasteiger partial charge in [-0.25, -0.2) is 4.39 Å². The number of aliphatic hydroxyl groups is 2. The van der Waals surface area contributed by atoms with E-state index in [4.69, 9.17) is 28.3 Å². The Balaban J connectivity index is 1.87. The molecular formula is C29H36Cl2FN3O4. The van der Waals surface area contributed by atoms with Crippen molar-refractivity contribution >= 4 is 40.7 Å². The van der Waals surface area contributed by atoms with Gasteiger partial charge in [-0.2, -0.15) is 0 Å². The van der Waals surface area contributed by atoms with Gasteiger partial charge in [0.15, 0.2) is 0 Å². The highest BCUT2D eigenvalue weighted by Gasteiger charge is 2.73. The van der Waals surface area contributed by atoms with Crippen LogP contribution in [-0.4, -0.2) is 52.9 Å². The molecule has 1 saturated carbocycles. The van der Waals surface area contributed by atoms with Gasteiger partial charge in [-0.05, 0) is 67.4 Å². The molecule has 2 fully saturated rings. The maximum absolute atomic E-state index is 16.4. The van der Waals surface area contributed by atoms with Crippen LogP contribution in [0.4, 0.5) is 10.1 Å². The smallest absolute Gasteiger partial charge is 0.237 e. The normalized spacial score (nSPS) is 28.1. The zero-order chi connectivity index (χ0) is 28.6. The van der Waals surface area contributed by atoms with E-state index in [2.05, 4.69) is 36.4 Å². The average Bonchev–Trinajstić information content (AvgIpc) is 3.33. The monoisotopic (exact) mass is 579 g/mol. The fourth-order valence-electron chi connectivity index (χ4n) is 6.52. The fraction of sp³-hybridized carbons (Fsp3) is 0.517. The standard InChI is InChI=1S/C29H36Cl2FN3O4/c1-17(30)5-4-6-21(32)23-24(25(38)33-14-9-19(37)16-36)35-28(12-10-27(2,3)11-13-28)29(23)20-8-7-18(31)15-22(20)34-26(29)39/h4-8,15,19,23-24,35-37H,1,9-14,16H2,2-3H3,(H,33,38)(H,34,39)/b5-4-,21-6-/t19-,23-,24?,29+/m0/s1. The molecule has 1 aromatic rings. The number of fused-ring (bicyclic) bond motifs is 3. The van der Waals surface area contributed by atoms with Crippen LogP contribution in [0, 0.1) is 11.3 Å². The van der Waals surface area contributed by atoms with Crippen molar-refractivity contribution in [1.82, 2.24) is 10.6 Å². The molecule has 2 amide bonds. The summed E-state index contributed by atoms with van der Waals surface area (Å²) >= 11 is 12.1. The molecule has 4 atom stereocenters. The van der Waals surface area contributed by atoms with Crippen molar-refractivity contribution in [3.8, 4) is 0 Å². The van der Waals surface area contributed by atoms with Crippen molar-refractivity contribution in [2.75, 3.05) is 18.5 Å². The van der Waals surface area contributed by atoms with E-state index in [1.54, 1.807) is 18.2 Å². The molecule has 1 aliphatic carbocycles. The zero-order valence-corrected chi connectivity index (χ0v) is 23.7. The lowest BCUT2D eigenvalue weighted by Crippen LogP contribution is -2.61. The third-order valence-corrected chi connectivity index (χ3v) is 8.92. The van der Waals surface area contributed by atoms with Crippen LogP contribution in [0.1, 0.15) is 51.5 Å². The van der Waals surface area contributed by atoms with Gasteiger partial charge in [0.05, 0.1) is 24.7 Å². The molecule has 4 rings (SSSR count). The van der Waals surface area contributed by atoms with Crippen molar-refractivity contribution in [1.29, 1.82) is 0 Å². The van der Waals surface area contributed by atoms with Crippen LogP contribution in [0.2, 0.25) is 5.02 Å². The predicted molar refractivity (Wildman–Crippen MR) is 151 cm³/mol. The molecule has 7 nitrogen and oxygen atoms in total. The van der Waals surface area contributed by atoms with Crippen LogP contribution >= 0.6 is 23.2 Å². The Labute approximate surface area is 238 Å². The molecule has 212 valence electrons. The van der Waals surface area contributed by atoms with E-state index < -0.39 is 47.4 Å². The molecule has 0 aromatic heterocycles. The molecule has 2 aliphatic heterocycles. The molecule has 5 N–H and O–H groups in total. The van der Waals surface area contributed by atoms with Crippen molar-refractivity contribution in [3.63, 3.8) is 0 Å². The van der Waals surface area contributed by atoms with E-state index in [0.29, 0.717) is 29.1 Å². The van der Waals surface area contributed by atoms with Gasteiger partial charge in [0.1, 0.15) is 11.2 Å². The van der Waals surface area contributed by atoms with Crippen LogP contribution in [0.25, 0.3) is 0 Å². The Bertz CT molecular complexity index is 1210. The first kappa shape index (κ1) is 29.7. The number of aliphatic hydroxyl groups excluding tert-OH is 2. The largest absolute Gasteiger partial charge is 0.394 e. The van der Waals surface area contributed by atoms with Crippen LogP contribution in [0.15, 0.2) is 53.9 Å². The van der Waals surface area contributed by atoms with E-state index in [-0.39, 0.29) is 29.3 Å². The Morgan fingerprint density at radius 1 is 1.31 bits per heavy atom. The summed E-state index contributed by atoms with van der Waals surface area (Å²) in [7, 11) is 0. The van der Waals surface area contributed by atoms with Crippen molar-refractivity contribution in [3.05, 3.63) is 64.5 Å². The summed E-state index contributed by atoms with van der Waals surface area (Å²) in [5, 5.41) is 28.7. The zero-order valence-electron chi connectivity index (χ0n) is 22.2. The maximum Gasteiger partial charge on any atom is 0.237 e. The maximum atomic E-state index is 16.4. The topological polar surface area (TPSA) is 111 Å². The summed E-state index contributed by atoms with van der Waals surface area (Å²) in [5.41, 5.74) is -1.20. The van der Waals surface area contributed by atoms with Crippen LogP contribution in [0.5, 0.6) is 0 Å². The minimum absolute atomic E-state index is 0.0279. The SMILES string of the molecule is C=C(Cl)/C=C\C=C(/F)[C@H]1C(C(=O)NCC[C@H](O)CO)NC2(CCC(C)(C)CC2)[C@@]12C(=O)Nc1cc(Cl)ccc12. The summed E-state index contributed by atoms with van der Waals surface area (Å²) in [6.07, 6.45) is 5.88. The minimum Gasteiger partial charge on any atom is -0.394 e. The molecule has 10 heteroatoms. The number of carbonyl (C=O) groups is 2. The van der Waals surface area contributed by atoms with Gasteiger partial charge in [0.2, 0.25) is 11.8 Å². The molecule has 1 aromatic carbocycles. The van der Waals surface area contributed by atoms with E-state index in [1.165, 1.54) is 18.2 Å². The number of carbonyl (C=O) groups excluding carboxylic acids is 2. The van der Waals surface area contributed by atoms with E-state index in [0.717, 1.165) is 12.8 Å². The molecule has 39 heavy (non-hydrogen) atoms.